The van der Waals surface area contributed by atoms with Crippen molar-refractivity contribution in [2.75, 3.05) is 33.3 Å². The van der Waals surface area contributed by atoms with Crippen molar-refractivity contribution < 1.29 is 29.0 Å². The van der Waals surface area contributed by atoms with Gasteiger partial charge in [0.1, 0.15) is 24.4 Å². The molecule has 2 heterocycles. The Morgan fingerprint density at radius 3 is 2.39 bits per heavy atom. The van der Waals surface area contributed by atoms with Crippen LogP contribution in [0.2, 0.25) is 0 Å². The fourth-order valence-electron chi connectivity index (χ4n) is 4.68. The van der Waals surface area contributed by atoms with Gasteiger partial charge in [-0.15, -0.1) is 0 Å². The van der Waals surface area contributed by atoms with Gasteiger partial charge in [0.2, 0.25) is 17.7 Å². The summed E-state index contributed by atoms with van der Waals surface area (Å²) in [4.78, 5) is 56.3. The lowest BCUT2D eigenvalue weighted by atomic mass is 10.0. The highest BCUT2D eigenvalue weighted by Crippen LogP contribution is 2.20. The molecule has 38 heavy (non-hydrogen) atoms. The van der Waals surface area contributed by atoms with Crippen LogP contribution in [0.5, 0.6) is 5.75 Å². The average molecular weight is 523 g/mol. The molecule has 3 N–H and O–H groups in total. The number of carbonyl (C=O) groups excluding carboxylic acids is 4. The normalized spacial score (nSPS) is 22.0. The number of likely N-dealkylation sites (tertiary alicyclic amines) is 1. The summed E-state index contributed by atoms with van der Waals surface area (Å²) in [5.41, 5.74) is 1.10. The van der Waals surface area contributed by atoms with E-state index in [-0.39, 0.29) is 37.5 Å². The van der Waals surface area contributed by atoms with Gasteiger partial charge in [0, 0.05) is 26.6 Å². The van der Waals surface area contributed by atoms with E-state index < -0.39 is 35.9 Å². The standard InChI is InChI=1S/C28H34N4O6/c1-31-15-16-38-24-10-6-5-9-21(24)26(35)30-23(28(37)32-13-11-20(33)12-14-32)18-25(34)29-22(27(31)36)17-19-7-3-2-4-8-19/h2-10,20,22-23,33H,11-18H2,1H3,(H,29,34)(H,30,35)/t22-,23+/m1/s1. The van der Waals surface area contributed by atoms with Gasteiger partial charge in [0.15, 0.2) is 0 Å². The molecule has 0 aromatic heterocycles. The molecule has 0 radical (unpaired) electrons. The molecule has 0 unspecified atom stereocenters. The van der Waals surface area contributed by atoms with Gasteiger partial charge < -0.3 is 30.3 Å². The third-order valence-electron chi connectivity index (χ3n) is 6.88. The minimum absolute atomic E-state index is 0.136. The Hall–Kier alpha value is -3.92. The van der Waals surface area contributed by atoms with E-state index in [1.54, 1.807) is 36.2 Å². The van der Waals surface area contributed by atoms with Gasteiger partial charge in [0.05, 0.1) is 24.6 Å². The number of nitrogens with zero attached hydrogens (tertiary/aromatic N) is 2. The first-order chi connectivity index (χ1) is 18.3. The Labute approximate surface area is 221 Å². The maximum atomic E-state index is 13.4. The monoisotopic (exact) mass is 522 g/mol. The number of rotatable bonds is 3. The largest absolute Gasteiger partial charge is 0.491 e. The molecule has 4 rings (SSSR count). The quantitative estimate of drug-likeness (QED) is 0.546. The number of ether oxygens (including phenoxy) is 1. The maximum Gasteiger partial charge on any atom is 0.255 e. The van der Waals surface area contributed by atoms with Gasteiger partial charge in [-0.05, 0) is 30.5 Å². The number of para-hydroxylation sites is 1. The van der Waals surface area contributed by atoms with Crippen LogP contribution in [0.15, 0.2) is 54.6 Å². The molecular formula is C28H34N4O6. The number of piperidine rings is 1. The Morgan fingerprint density at radius 1 is 0.974 bits per heavy atom. The van der Waals surface area contributed by atoms with Crippen molar-refractivity contribution >= 4 is 23.6 Å². The number of carbonyl (C=O) groups is 4. The van der Waals surface area contributed by atoms with E-state index >= 15 is 0 Å². The van der Waals surface area contributed by atoms with E-state index in [1.165, 1.54) is 4.90 Å². The minimum atomic E-state index is -1.15. The Bertz CT molecular complexity index is 1150. The smallest absolute Gasteiger partial charge is 0.255 e. The van der Waals surface area contributed by atoms with Crippen LogP contribution in [0.3, 0.4) is 0 Å². The highest BCUT2D eigenvalue weighted by atomic mass is 16.5. The zero-order valence-electron chi connectivity index (χ0n) is 21.5. The summed E-state index contributed by atoms with van der Waals surface area (Å²) < 4.78 is 5.85. The second-order valence-corrected chi connectivity index (χ2v) is 9.70. The molecule has 2 aromatic rings. The molecule has 0 aliphatic carbocycles. The van der Waals surface area contributed by atoms with Gasteiger partial charge in [-0.3, -0.25) is 19.2 Å². The number of aliphatic hydroxyl groups is 1. The van der Waals surface area contributed by atoms with Crippen molar-refractivity contribution in [3.8, 4) is 5.75 Å². The molecule has 10 heteroatoms. The first-order valence-electron chi connectivity index (χ1n) is 12.9. The van der Waals surface area contributed by atoms with E-state index in [1.807, 2.05) is 30.3 Å². The molecule has 0 spiro atoms. The molecule has 4 amide bonds. The zero-order valence-corrected chi connectivity index (χ0v) is 21.5. The van der Waals surface area contributed by atoms with Crippen LogP contribution in [0.25, 0.3) is 0 Å². The number of aliphatic hydroxyl groups excluding tert-OH is 1. The number of likely N-dealkylation sites (N-methyl/N-ethyl adjacent to an activating group) is 1. The van der Waals surface area contributed by atoms with Crippen LogP contribution >= 0.6 is 0 Å². The number of nitrogens with one attached hydrogen (secondary N) is 2. The van der Waals surface area contributed by atoms with Crippen LogP contribution in [0, 0.1) is 0 Å². The highest BCUT2D eigenvalue weighted by molar-refractivity contribution is 6.01. The van der Waals surface area contributed by atoms with Gasteiger partial charge in [-0.25, -0.2) is 0 Å². The van der Waals surface area contributed by atoms with Crippen molar-refractivity contribution in [2.24, 2.45) is 0 Å². The summed E-state index contributed by atoms with van der Waals surface area (Å²) in [5, 5.41) is 15.4. The Morgan fingerprint density at radius 2 is 1.66 bits per heavy atom. The number of fused-ring (bicyclic) bond motifs is 1. The van der Waals surface area contributed by atoms with Crippen molar-refractivity contribution in [3.05, 3.63) is 65.7 Å². The lowest BCUT2D eigenvalue weighted by Gasteiger charge is -2.33. The Balaban J connectivity index is 1.62. The van der Waals surface area contributed by atoms with Crippen LogP contribution in [0.1, 0.15) is 35.2 Å². The second-order valence-electron chi connectivity index (χ2n) is 9.70. The van der Waals surface area contributed by atoms with Crippen LogP contribution in [0.4, 0.5) is 0 Å². The molecule has 2 aromatic carbocycles. The summed E-state index contributed by atoms with van der Waals surface area (Å²) in [6.45, 7) is 1.04. The van der Waals surface area contributed by atoms with Crippen LogP contribution < -0.4 is 15.4 Å². The first kappa shape index (κ1) is 27.1. The molecule has 0 bridgehead atoms. The summed E-state index contributed by atoms with van der Waals surface area (Å²) in [6, 6.07) is 14.0. The van der Waals surface area contributed by atoms with Gasteiger partial charge in [0.25, 0.3) is 5.91 Å². The molecular weight excluding hydrogens is 488 g/mol. The molecule has 1 fully saturated rings. The summed E-state index contributed by atoms with van der Waals surface area (Å²) >= 11 is 0. The van der Waals surface area contributed by atoms with Gasteiger partial charge >= 0.3 is 0 Å². The number of hydrogen-bond acceptors (Lipinski definition) is 6. The Kier molecular flexibility index (Phi) is 8.96. The predicted octanol–water partition coefficient (Wildman–Crippen LogP) is 0.737. The highest BCUT2D eigenvalue weighted by Gasteiger charge is 2.33. The van der Waals surface area contributed by atoms with Crippen molar-refractivity contribution in [3.63, 3.8) is 0 Å². The molecule has 2 atom stereocenters. The van der Waals surface area contributed by atoms with E-state index in [4.69, 9.17) is 4.74 Å². The predicted molar refractivity (Wildman–Crippen MR) is 139 cm³/mol. The topological polar surface area (TPSA) is 128 Å². The lowest BCUT2D eigenvalue weighted by Crippen LogP contribution is -2.55. The lowest BCUT2D eigenvalue weighted by molar-refractivity contribution is -0.138. The number of hydrogen-bond donors (Lipinski definition) is 3. The molecule has 2 aliphatic heterocycles. The fourth-order valence-corrected chi connectivity index (χ4v) is 4.68. The summed E-state index contributed by atoms with van der Waals surface area (Å²) in [5.74, 6) is -1.43. The second kappa shape index (κ2) is 12.6. The maximum absolute atomic E-state index is 13.4. The number of amides is 4. The van der Waals surface area contributed by atoms with E-state index in [2.05, 4.69) is 10.6 Å². The van der Waals surface area contributed by atoms with Crippen LogP contribution in [-0.2, 0) is 20.8 Å². The van der Waals surface area contributed by atoms with E-state index in [0.717, 1.165) is 5.56 Å². The minimum Gasteiger partial charge on any atom is -0.491 e. The molecule has 10 nitrogen and oxygen atoms in total. The zero-order chi connectivity index (χ0) is 27.1. The first-order valence-corrected chi connectivity index (χ1v) is 12.9. The molecule has 1 saturated heterocycles. The van der Waals surface area contributed by atoms with E-state index in [9.17, 15) is 24.3 Å². The molecule has 2 aliphatic rings. The van der Waals surface area contributed by atoms with Gasteiger partial charge in [-0.1, -0.05) is 42.5 Å². The average Bonchev–Trinajstić information content (AvgIpc) is 2.92. The third kappa shape index (κ3) is 6.89. The van der Waals surface area contributed by atoms with Crippen molar-refractivity contribution in [1.82, 2.24) is 20.4 Å². The summed E-state index contributed by atoms with van der Waals surface area (Å²) in [6.07, 6.45) is 0.306. The third-order valence-corrected chi connectivity index (χ3v) is 6.88. The van der Waals surface area contributed by atoms with Crippen LogP contribution in [-0.4, -0.2) is 90.0 Å². The number of benzene rings is 2. The fraction of sp³-hybridized carbons (Fsp3) is 0.429. The SMILES string of the molecule is CN1CCOc2ccccc2C(=O)N[C@H](C(=O)N2CCC(O)CC2)CC(=O)N[C@H](Cc2ccccc2)C1=O. The summed E-state index contributed by atoms with van der Waals surface area (Å²) in [7, 11) is 1.64. The van der Waals surface area contributed by atoms with Crippen molar-refractivity contribution in [1.29, 1.82) is 0 Å². The van der Waals surface area contributed by atoms with Gasteiger partial charge in [-0.2, -0.15) is 0 Å². The molecule has 202 valence electrons. The van der Waals surface area contributed by atoms with E-state index in [0.29, 0.717) is 31.7 Å². The molecule has 0 saturated carbocycles. The van der Waals surface area contributed by atoms with Crippen molar-refractivity contribution in [2.45, 2.75) is 43.9 Å².